The highest BCUT2D eigenvalue weighted by molar-refractivity contribution is 5.94. The predicted molar refractivity (Wildman–Crippen MR) is 66.2 cm³/mol. The molecule has 2 N–H and O–H groups in total. The van der Waals surface area contributed by atoms with Crippen LogP contribution in [0.5, 0.6) is 5.75 Å². The highest BCUT2D eigenvalue weighted by atomic mass is 19.4. The van der Waals surface area contributed by atoms with Crippen molar-refractivity contribution < 1.29 is 22.7 Å². The maximum absolute atomic E-state index is 12.2. The number of alkyl halides is 3. The fourth-order valence-corrected chi connectivity index (χ4v) is 2.22. The molecule has 20 heavy (non-hydrogen) atoms. The molecule has 1 amide bonds. The second-order valence-electron chi connectivity index (χ2n) is 4.72. The second-order valence-corrected chi connectivity index (χ2v) is 4.72. The van der Waals surface area contributed by atoms with Gasteiger partial charge in [-0.2, -0.15) is 0 Å². The molecule has 1 aromatic carbocycles. The van der Waals surface area contributed by atoms with Crippen LogP contribution >= 0.6 is 0 Å². The normalized spacial score (nSPS) is 19.2. The summed E-state index contributed by atoms with van der Waals surface area (Å²) in [6, 6.07) is 5.11. The average molecular weight is 288 g/mol. The van der Waals surface area contributed by atoms with Gasteiger partial charge in [0.2, 0.25) is 0 Å². The summed E-state index contributed by atoms with van der Waals surface area (Å²) in [5.41, 5.74) is 5.73. The summed E-state index contributed by atoms with van der Waals surface area (Å²) >= 11 is 0. The van der Waals surface area contributed by atoms with Crippen LogP contribution in [0.15, 0.2) is 24.3 Å². The van der Waals surface area contributed by atoms with Crippen LogP contribution in [0.3, 0.4) is 0 Å². The number of halogens is 3. The van der Waals surface area contributed by atoms with Crippen molar-refractivity contribution in [2.75, 3.05) is 19.6 Å². The van der Waals surface area contributed by atoms with Crippen molar-refractivity contribution in [1.82, 2.24) is 4.90 Å². The minimum atomic E-state index is -4.76. The van der Waals surface area contributed by atoms with Gasteiger partial charge in [0.1, 0.15) is 5.75 Å². The third-order valence-corrected chi connectivity index (χ3v) is 3.22. The molecule has 0 aromatic heterocycles. The van der Waals surface area contributed by atoms with Gasteiger partial charge >= 0.3 is 6.36 Å². The second kappa shape index (κ2) is 5.70. The lowest BCUT2D eigenvalue weighted by molar-refractivity contribution is -0.274. The van der Waals surface area contributed by atoms with Gasteiger partial charge in [0.25, 0.3) is 5.91 Å². The summed E-state index contributed by atoms with van der Waals surface area (Å²) < 4.78 is 40.2. The van der Waals surface area contributed by atoms with E-state index in [1.54, 1.807) is 4.90 Å². The number of nitrogens with zero attached hydrogens (tertiary/aromatic N) is 1. The highest BCUT2D eigenvalue weighted by Gasteiger charge is 2.32. The van der Waals surface area contributed by atoms with E-state index < -0.39 is 12.1 Å². The Hall–Kier alpha value is -1.76. The summed E-state index contributed by atoms with van der Waals surface area (Å²) in [4.78, 5) is 13.8. The largest absolute Gasteiger partial charge is 0.573 e. The van der Waals surface area contributed by atoms with Crippen LogP contribution < -0.4 is 10.5 Å². The van der Waals surface area contributed by atoms with Gasteiger partial charge in [-0.15, -0.1) is 13.2 Å². The Kier molecular flexibility index (Phi) is 4.17. The van der Waals surface area contributed by atoms with E-state index in [1.807, 2.05) is 0 Å². The van der Waals surface area contributed by atoms with Crippen molar-refractivity contribution in [3.8, 4) is 5.75 Å². The number of benzene rings is 1. The molecule has 1 aromatic rings. The molecule has 2 rings (SSSR count). The van der Waals surface area contributed by atoms with Crippen molar-refractivity contribution in [2.24, 2.45) is 11.7 Å². The van der Waals surface area contributed by atoms with Crippen LogP contribution in [-0.4, -0.2) is 36.8 Å². The summed E-state index contributed by atoms with van der Waals surface area (Å²) in [6.07, 6.45) is -3.94. The van der Waals surface area contributed by atoms with Gasteiger partial charge in [-0.3, -0.25) is 4.79 Å². The standard InChI is InChI=1S/C13H15F3N2O2/c14-13(15,16)20-11-3-1-2-10(6-11)12(19)18-5-4-9(7-17)8-18/h1-3,6,9H,4-5,7-8,17H2. The van der Waals surface area contributed by atoms with E-state index in [9.17, 15) is 18.0 Å². The Balaban J connectivity index is 2.09. The van der Waals surface area contributed by atoms with Gasteiger partial charge in [0.15, 0.2) is 0 Å². The van der Waals surface area contributed by atoms with Crippen molar-refractivity contribution in [1.29, 1.82) is 0 Å². The molecule has 1 aliphatic heterocycles. The number of nitrogens with two attached hydrogens (primary N) is 1. The van der Waals surface area contributed by atoms with Gasteiger partial charge in [-0.25, -0.2) is 0 Å². The van der Waals surface area contributed by atoms with Crippen LogP contribution in [0.1, 0.15) is 16.8 Å². The zero-order valence-electron chi connectivity index (χ0n) is 10.7. The molecule has 1 heterocycles. The molecule has 4 nitrogen and oxygen atoms in total. The summed E-state index contributed by atoms with van der Waals surface area (Å²) in [6.45, 7) is 1.62. The van der Waals surface area contributed by atoms with E-state index in [0.717, 1.165) is 18.6 Å². The zero-order chi connectivity index (χ0) is 14.8. The first-order chi connectivity index (χ1) is 9.39. The van der Waals surface area contributed by atoms with E-state index in [2.05, 4.69) is 4.74 Å². The van der Waals surface area contributed by atoms with E-state index in [-0.39, 0.29) is 17.4 Å². The Bertz CT molecular complexity index is 491. The number of carbonyl (C=O) groups is 1. The van der Waals surface area contributed by atoms with Crippen molar-refractivity contribution in [3.05, 3.63) is 29.8 Å². The Labute approximate surface area is 114 Å². The minimum absolute atomic E-state index is 0.185. The fourth-order valence-electron chi connectivity index (χ4n) is 2.22. The van der Waals surface area contributed by atoms with E-state index in [1.165, 1.54) is 12.1 Å². The molecule has 1 aliphatic rings. The molecule has 0 spiro atoms. The first-order valence-electron chi connectivity index (χ1n) is 6.24. The van der Waals surface area contributed by atoms with Gasteiger partial charge < -0.3 is 15.4 Å². The van der Waals surface area contributed by atoms with Crippen LogP contribution in [0.25, 0.3) is 0 Å². The predicted octanol–water partition coefficient (Wildman–Crippen LogP) is 2.01. The molecule has 1 unspecified atom stereocenters. The van der Waals surface area contributed by atoms with Crippen molar-refractivity contribution >= 4 is 5.91 Å². The minimum Gasteiger partial charge on any atom is -0.406 e. The number of rotatable bonds is 3. The molecule has 1 fully saturated rings. The molecule has 0 bridgehead atoms. The molecular weight excluding hydrogens is 273 g/mol. The maximum Gasteiger partial charge on any atom is 0.573 e. The maximum atomic E-state index is 12.2. The third kappa shape index (κ3) is 3.63. The van der Waals surface area contributed by atoms with Gasteiger partial charge in [-0.05, 0) is 37.1 Å². The Morgan fingerprint density at radius 3 is 2.80 bits per heavy atom. The average Bonchev–Trinajstić information content (AvgIpc) is 2.85. The number of hydrogen-bond donors (Lipinski definition) is 1. The fraction of sp³-hybridized carbons (Fsp3) is 0.462. The van der Waals surface area contributed by atoms with Crippen LogP contribution in [0, 0.1) is 5.92 Å². The number of hydrogen-bond acceptors (Lipinski definition) is 3. The lowest BCUT2D eigenvalue weighted by Gasteiger charge is -2.17. The molecule has 7 heteroatoms. The van der Waals surface area contributed by atoms with Gasteiger partial charge in [0.05, 0.1) is 0 Å². The lowest BCUT2D eigenvalue weighted by Crippen LogP contribution is -2.29. The smallest absolute Gasteiger partial charge is 0.406 e. The van der Waals surface area contributed by atoms with Crippen LogP contribution in [0.4, 0.5) is 13.2 Å². The first kappa shape index (κ1) is 14.6. The Morgan fingerprint density at radius 1 is 1.45 bits per heavy atom. The third-order valence-electron chi connectivity index (χ3n) is 3.22. The molecule has 0 radical (unpaired) electrons. The van der Waals surface area contributed by atoms with E-state index in [0.29, 0.717) is 19.6 Å². The molecule has 110 valence electrons. The van der Waals surface area contributed by atoms with Crippen molar-refractivity contribution in [2.45, 2.75) is 12.8 Å². The van der Waals surface area contributed by atoms with E-state index >= 15 is 0 Å². The number of carbonyl (C=O) groups excluding carboxylic acids is 1. The summed E-state index contributed by atoms with van der Waals surface area (Å²) in [5, 5.41) is 0. The summed E-state index contributed by atoms with van der Waals surface area (Å²) in [7, 11) is 0. The molecule has 1 saturated heterocycles. The van der Waals surface area contributed by atoms with Gasteiger partial charge in [-0.1, -0.05) is 6.07 Å². The molecular formula is C13H15F3N2O2. The Morgan fingerprint density at radius 2 is 2.20 bits per heavy atom. The molecule has 0 aliphatic carbocycles. The number of amides is 1. The first-order valence-corrected chi connectivity index (χ1v) is 6.24. The lowest BCUT2D eigenvalue weighted by atomic mass is 10.1. The molecule has 0 saturated carbocycles. The quantitative estimate of drug-likeness (QED) is 0.925. The number of likely N-dealkylation sites (tertiary alicyclic amines) is 1. The topological polar surface area (TPSA) is 55.6 Å². The summed E-state index contributed by atoms with van der Waals surface area (Å²) in [5.74, 6) is -0.431. The van der Waals surface area contributed by atoms with E-state index in [4.69, 9.17) is 5.73 Å². The van der Waals surface area contributed by atoms with Crippen molar-refractivity contribution in [3.63, 3.8) is 0 Å². The monoisotopic (exact) mass is 288 g/mol. The van der Waals surface area contributed by atoms with Crippen LogP contribution in [0.2, 0.25) is 0 Å². The zero-order valence-corrected chi connectivity index (χ0v) is 10.7. The van der Waals surface area contributed by atoms with Crippen LogP contribution in [-0.2, 0) is 0 Å². The van der Waals surface area contributed by atoms with Gasteiger partial charge in [0, 0.05) is 18.7 Å². The highest BCUT2D eigenvalue weighted by Crippen LogP contribution is 2.25. The number of ether oxygens (including phenoxy) is 1. The SMILES string of the molecule is NCC1CCN(C(=O)c2cccc(OC(F)(F)F)c2)C1. The molecule has 1 atom stereocenters.